The Kier molecular flexibility index (Phi) is 7.58. The van der Waals surface area contributed by atoms with Crippen LogP contribution < -0.4 is 20.5 Å². The van der Waals surface area contributed by atoms with E-state index in [9.17, 15) is 4.79 Å². The maximum atomic E-state index is 12.3. The van der Waals surface area contributed by atoms with Gasteiger partial charge in [0.15, 0.2) is 11.5 Å². The van der Waals surface area contributed by atoms with Crippen molar-refractivity contribution in [2.75, 3.05) is 14.2 Å². The van der Waals surface area contributed by atoms with E-state index >= 15 is 0 Å². The number of methoxy groups -OCH3 is 2. The van der Waals surface area contributed by atoms with Crippen LogP contribution in [0.3, 0.4) is 0 Å². The lowest BCUT2D eigenvalue weighted by Crippen LogP contribution is -2.51. The van der Waals surface area contributed by atoms with Crippen molar-refractivity contribution in [3.05, 3.63) is 35.9 Å². The van der Waals surface area contributed by atoms with E-state index in [-0.39, 0.29) is 18.3 Å². The summed E-state index contributed by atoms with van der Waals surface area (Å²) in [5.74, 6) is 1.28. The summed E-state index contributed by atoms with van der Waals surface area (Å²) < 4.78 is 10.8. The van der Waals surface area contributed by atoms with Crippen LogP contribution in [-0.2, 0) is 17.8 Å². The maximum absolute atomic E-state index is 12.3. The molecule has 0 spiro atoms. The number of benzene rings is 1. The number of allylic oxidation sites excluding steroid dienone is 1. The number of nitrogens with one attached hydrogen (secondary N) is 1. The van der Waals surface area contributed by atoms with E-state index < -0.39 is 5.54 Å². The van der Waals surface area contributed by atoms with Crippen molar-refractivity contribution < 1.29 is 14.3 Å². The Balaban J connectivity index is 0.00000288. The highest BCUT2D eigenvalue weighted by molar-refractivity contribution is 5.86. The van der Waals surface area contributed by atoms with Crippen molar-refractivity contribution in [1.82, 2.24) is 5.32 Å². The van der Waals surface area contributed by atoms with Gasteiger partial charge in [-0.1, -0.05) is 18.9 Å². The average molecular weight is 355 g/mol. The second kappa shape index (κ2) is 8.94. The number of halogens is 1. The molecule has 2 rings (SSSR count). The zero-order valence-corrected chi connectivity index (χ0v) is 15.2. The molecule has 1 saturated carbocycles. The van der Waals surface area contributed by atoms with Crippen molar-refractivity contribution >= 4 is 18.3 Å². The van der Waals surface area contributed by atoms with E-state index in [1.165, 1.54) is 0 Å². The molecule has 1 aliphatic rings. The molecule has 0 radical (unpaired) electrons. The fourth-order valence-electron chi connectivity index (χ4n) is 3.11. The highest BCUT2D eigenvalue weighted by atomic mass is 35.5. The van der Waals surface area contributed by atoms with Gasteiger partial charge in [-0.3, -0.25) is 4.79 Å². The van der Waals surface area contributed by atoms with E-state index in [0.717, 1.165) is 36.8 Å². The lowest BCUT2D eigenvalue weighted by Gasteiger charge is -2.22. The van der Waals surface area contributed by atoms with Crippen LogP contribution in [0, 0.1) is 0 Å². The van der Waals surface area contributed by atoms with Gasteiger partial charge in [-0.05, 0) is 37.0 Å². The molecule has 1 amide bonds. The highest BCUT2D eigenvalue weighted by Crippen LogP contribution is 2.33. The van der Waals surface area contributed by atoms with E-state index in [1.807, 2.05) is 18.2 Å². The zero-order chi connectivity index (χ0) is 16.9. The average Bonchev–Trinajstić information content (AvgIpc) is 3.00. The van der Waals surface area contributed by atoms with Crippen molar-refractivity contribution in [1.29, 1.82) is 0 Å². The van der Waals surface area contributed by atoms with Gasteiger partial charge in [0.1, 0.15) is 0 Å². The molecule has 6 heteroatoms. The maximum Gasteiger partial charge on any atom is 0.240 e. The van der Waals surface area contributed by atoms with Crippen molar-refractivity contribution in [2.24, 2.45) is 5.73 Å². The van der Waals surface area contributed by atoms with Gasteiger partial charge in [0, 0.05) is 12.1 Å². The summed E-state index contributed by atoms with van der Waals surface area (Å²) in [7, 11) is 3.22. The Morgan fingerprint density at radius 3 is 2.54 bits per heavy atom. The number of nitrogens with two attached hydrogens (primary N) is 1. The SMILES string of the molecule is C=CCc1cc(CNC(=O)C2(N)CCCC2)cc(OC)c1OC.Cl. The second-order valence-electron chi connectivity index (χ2n) is 6.03. The fourth-order valence-corrected chi connectivity index (χ4v) is 3.11. The van der Waals surface area contributed by atoms with Gasteiger partial charge in [-0.2, -0.15) is 0 Å². The summed E-state index contributed by atoms with van der Waals surface area (Å²) in [4.78, 5) is 12.3. The number of amides is 1. The normalized spacial score (nSPS) is 15.3. The summed E-state index contributed by atoms with van der Waals surface area (Å²) >= 11 is 0. The second-order valence-corrected chi connectivity index (χ2v) is 6.03. The first kappa shape index (κ1) is 20.3. The minimum Gasteiger partial charge on any atom is -0.493 e. The Hall–Kier alpha value is -1.72. The Bertz CT molecular complexity index is 584. The molecule has 0 saturated heterocycles. The third kappa shape index (κ3) is 4.42. The van der Waals surface area contributed by atoms with Crippen molar-refractivity contribution in [3.63, 3.8) is 0 Å². The summed E-state index contributed by atoms with van der Waals surface area (Å²) in [5, 5.41) is 2.95. The molecule has 0 aromatic heterocycles. The van der Waals surface area contributed by atoms with Gasteiger partial charge < -0.3 is 20.5 Å². The van der Waals surface area contributed by atoms with Crippen LogP contribution in [0.1, 0.15) is 36.8 Å². The number of carbonyl (C=O) groups is 1. The molecule has 1 aromatic rings. The van der Waals surface area contributed by atoms with E-state index in [0.29, 0.717) is 24.5 Å². The third-order valence-electron chi connectivity index (χ3n) is 4.38. The van der Waals surface area contributed by atoms with Gasteiger partial charge in [-0.25, -0.2) is 0 Å². The first-order valence-electron chi connectivity index (χ1n) is 7.96. The first-order chi connectivity index (χ1) is 11.0. The van der Waals surface area contributed by atoms with Crippen molar-refractivity contribution in [2.45, 2.75) is 44.2 Å². The quantitative estimate of drug-likeness (QED) is 0.738. The molecular formula is C18H27ClN2O3. The smallest absolute Gasteiger partial charge is 0.240 e. The zero-order valence-electron chi connectivity index (χ0n) is 14.4. The number of hydrogen-bond donors (Lipinski definition) is 2. The summed E-state index contributed by atoms with van der Waals surface area (Å²) in [6.07, 6.45) is 6.03. The molecule has 0 atom stereocenters. The number of rotatable bonds is 7. The highest BCUT2D eigenvalue weighted by Gasteiger charge is 2.36. The van der Waals surface area contributed by atoms with Gasteiger partial charge in [0.05, 0.1) is 19.8 Å². The standard InChI is InChI=1S/C18H26N2O3.ClH/c1-4-7-14-10-13(11-15(22-2)16(14)23-3)12-20-17(21)18(19)8-5-6-9-18;/h4,10-11H,1,5-9,12,19H2,2-3H3,(H,20,21);1H. The van der Waals surface area contributed by atoms with Crippen LogP contribution in [0.5, 0.6) is 11.5 Å². The fraction of sp³-hybridized carbons (Fsp3) is 0.500. The van der Waals surface area contributed by atoms with Crippen LogP contribution >= 0.6 is 12.4 Å². The van der Waals surface area contributed by atoms with Crippen molar-refractivity contribution in [3.8, 4) is 11.5 Å². The molecule has 0 bridgehead atoms. The molecule has 5 nitrogen and oxygen atoms in total. The predicted octanol–water partition coefficient (Wildman–Crippen LogP) is 2.74. The van der Waals surface area contributed by atoms with Crippen LogP contribution in [0.25, 0.3) is 0 Å². The molecule has 0 heterocycles. The molecule has 1 aliphatic carbocycles. The molecule has 0 aliphatic heterocycles. The third-order valence-corrected chi connectivity index (χ3v) is 4.38. The molecule has 134 valence electrons. The summed E-state index contributed by atoms with van der Waals surface area (Å²) in [5.41, 5.74) is 7.40. The van der Waals surface area contributed by atoms with Gasteiger partial charge in [0.25, 0.3) is 0 Å². The molecule has 1 aromatic carbocycles. The summed E-state index contributed by atoms with van der Waals surface area (Å²) in [6.45, 7) is 4.19. The first-order valence-corrected chi connectivity index (χ1v) is 7.96. The molecule has 24 heavy (non-hydrogen) atoms. The van der Waals surface area contributed by atoms with Gasteiger partial charge in [-0.15, -0.1) is 19.0 Å². The lowest BCUT2D eigenvalue weighted by atomic mass is 9.98. The Morgan fingerprint density at radius 2 is 2.00 bits per heavy atom. The van der Waals surface area contributed by atoms with Crippen LogP contribution in [-0.4, -0.2) is 25.7 Å². The lowest BCUT2D eigenvalue weighted by molar-refractivity contribution is -0.126. The number of ether oxygens (including phenoxy) is 2. The minimum atomic E-state index is -0.708. The topological polar surface area (TPSA) is 73.6 Å². The molecule has 3 N–H and O–H groups in total. The molecule has 0 unspecified atom stereocenters. The van der Waals surface area contributed by atoms with Crippen LogP contribution in [0.15, 0.2) is 24.8 Å². The predicted molar refractivity (Wildman–Crippen MR) is 97.9 cm³/mol. The number of hydrogen-bond acceptors (Lipinski definition) is 4. The minimum absolute atomic E-state index is 0. The Morgan fingerprint density at radius 1 is 1.33 bits per heavy atom. The number of carbonyl (C=O) groups excluding carboxylic acids is 1. The van der Waals surface area contributed by atoms with Crippen LogP contribution in [0.4, 0.5) is 0 Å². The van der Waals surface area contributed by atoms with Gasteiger partial charge in [0.2, 0.25) is 5.91 Å². The molecular weight excluding hydrogens is 328 g/mol. The monoisotopic (exact) mass is 354 g/mol. The van der Waals surface area contributed by atoms with Crippen LogP contribution in [0.2, 0.25) is 0 Å². The summed E-state index contributed by atoms with van der Waals surface area (Å²) in [6, 6.07) is 3.88. The van der Waals surface area contributed by atoms with Gasteiger partial charge >= 0.3 is 0 Å². The van der Waals surface area contributed by atoms with E-state index in [2.05, 4.69) is 11.9 Å². The van der Waals surface area contributed by atoms with E-state index in [4.69, 9.17) is 15.2 Å². The van der Waals surface area contributed by atoms with E-state index in [1.54, 1.807) is 14.2 Å². The molecule has 1 fully saturated rings. The largest absolute Gasteiger partial charge is 0.493 e. The Labute approximate surface area is 150 Å².